The second kappa shape index (κ2) is 5.21. The van der Waals surface area contributed by atoms with Gasteiger partial charge >= 0.3 is 0 Å². The normalized spacial score (nSPS) is 15.2. The van der Waals surface area contributed by atoms with E-state index in [2.05, 4.69) is 17.6 Å². The lowest BCUT2D eigenvalue weighted by molar-refractivity contribution is -0.114. The molecule has 0 spiro atoms. The van der Waals surface area contributed by atoms with Gasteiger partial charge in [-0.15, -0.1) is 0 Å². The van der Waals surface area contributed by atoms with Gasteiger partial charge in [0.15, 0.2) is 0 Å². The molecule has 0 saturated heterocycles. The molecule has 0 heterocycles. The molecule has 0 radical (unpaired) electrons. The van der Waals surface area contributed by atoms with Crippen molar-refractivity contribution in [3.8, 4) is 0 Å². The zero-order valence-corrected chi connectivity index (χ0v) is 10.5. The van der Waals surface area contributed by atoms with Crippen LogP contribution in [0.2, 0.25) is 0 Å². The van der Waals surface area contributed by atoms with Crippen LogP contribution in [-0.4, -0.2) is 12.5 Å². The molecule has 1 aliphatic carbocycles. The zero-order valence-electron chi connectivity index (χ0n) is 10.5. The van der Waals surface area contributed by atoms with E-state index < -0.39 is 0 Å². The number of rotatable bonds is 4. The molecule has 1 saturated carbocycles. The zero-order chi connectivity index (χ0) is 12.3. The van der Waals surface area contributed by atoms with Crippen LogP contribution in [0.25, 0.3) is 0 Å². The maximum absolute atomic E-state index is 11.0. The van der Waals surface area contributed by atoms with E-state index in [0.29, 0.717) is 0 Å². The number of nitrogens with one attached hydrogen (secondary N) is 2. The Bertz CT molecular complexity index is 411. The first-order chi connectivity index (χ1) is 8.15. The summed E-state index contributed by atoms with van der Waals surface area (Å²) in [4.78, 5) is 11.0. The number of anilines is 2. The van der Waals surface area contributed by atoms with Crippen LogP contribution in [0, 0.1) is 12.8 Å². The van der Waals surface area contributed by atoms with E-state index in [9.17, 15) is 4.79 Å². The summed E-state index contributed by atoms with van der Waals surface area (Å²) in [6, 6.07) is 5.98. The molecule has 1 aromatic carbocycles. The van der Waals surface area contributed by atoms with Gasteiger partial charge in [0, 0.05) is 24.8 Å². The van der Waals surface area contributed by atoms with E-state index in [1.807, 2.05) is 18.2 Å². The van der Waals surface area contributed by atoms with Crippen LogP contribution in [-0.2, 0) is 4.79 Å². The molecule has 0 aromatic heterocycles. The van der Waals surface area contributed by atoms with Gasteiger partial charge < -0.3 is 10.6 Å². The van der Waals surface area contributed by atoms with E-state index in [1.165, 1.54) is 31.7 Å². The quantitative estimate of drug-likeness (QED) is 0.837. The van der Waals surface area contributed by atoms with Crippen molar-refractivity contribution in [1.29, 1.82) is 0 Å². The summed E-state index contributed by atoms with van der Waals surface area (Å²) in [6.45, 7) is 4.66. The molecule has 1 amide bonds. The third-order valence-corrected chi connectivity index (χ3v) is 3.36. The minimum Gasteiger partial charge on any atom is -0.384 e. The summed E-state index contributed by atoms with van der Waals surface area (Å²) >= 11 is 0. The van der Waals surface area contributed by atoms with E-state index >= 15 is 0 Å². The summed E-state index contributed by atoms with van der Waals surface area (Å²) in [5.41, 5.74) is 3.21. The molecular weight excluding hydrogens is 212 g/mol. The first kappa shape index (κ1) is 12.0. The maximum Gasteiger partial charge on any atom is 0.221 e. The van der Waals surface area contributed by atoms with Crippen molar-refractivity contribution in [2.24, 2.45) is 5.92 Å². The van der Waals surface area contributed by atoms with Crippen molar-refractivity contribution in [1.82, 2.24) is 0 Å². The fourth-order valence-electron chi connectivity index (χ4n) is 2.04. The van der Waals surface area contributed by atoms with Gasteiger partial charge in [0.2, 0.25) is 5.91 Å². The lowest BCUT2D eigenvalue weighted by Crippen LogP contribution is -2.21. The number of hydrogen-bond donors (Lipinski definition) is 2. The second-order valence-corrected chi connectivity index (χ2v) is 4.89. The van der Waals surface area contributed by atoms with Gasteiger partial charge in [-0.3, -0.25) is 4.79 Å². The van der Waals surface area contributed by atoms with Gasteiger partial charge in [-0.1, -0.05) is 12.5 Å². The molecule has 2 N–H and O–H groups in total. The summed E-state index contributed by atoms with van der Waals surface area (Å²) in [5, 5.41) is 6.29. The van der Waals surface area contributed by atoms with Gasteiger partial charge in [-0.2, -0.15) is 0 Å². The Balaban J connectivity index is 2.00. The summed E-state index contributed by atoms with van der Waals surface area (Å²) in [5.74, 6) is 0.803. The Hall–Kier alpha value is -1.51. The van der Waals surface area contributed by atoms with E-state index in [4.69, 9.17) is 0 Å². The van der Waals surface area contributed by atoms with E-state index in [1.54, 1.807) is 0 Å². The number of hydrogen-bond acceptors (Lipinski definition) is 2. The molecule has 0 aliphatic heterocycles. The Labute approximate surface area is 103 Å². The van der Waals surface area contributed by atoms with E-state index in [-0.39, 0.29) is 5.91 Å². The van der Waals surface area contributed by atoms with Crippen LogP contribution in [0.5, 0.6) is 0 Å². The van der Waals surface area contributed by atoms with E-state index in [0.717, 1.165) is 23.8 Å². The third-order valence-electron chi connectivity index (χ3n) is 3.36. The summed E-state index contributed by atoms with van der Waals surface area (Å²) < 4.78 is 0. The second-order valence-electron chi connectivity index (χ2n) is 4.89. The number of aryl methyl sites for hydroxylation is 1. The largest absolute Gasteiger partial charge is 0.384 e. The molecular formula is C14H20N2O. The highest BCUT2D eigenvalue weighted by Crippen LogP contribution is 2.27. The molecule has 3 nitrogen and oxygen atoms in total. The lowest BCUT2D eigenvalue weighted by Gasteiger charge is -2.26. The Morgan fingerprint density at radius 3 is 2.76 bits per heavy atom. The highest BCUT2D eigenvalue weighted by molar-refractivity contribution is 5.89. The van der Waals surface area contributed by atoms with Crippen LogP contribution in [0.1, 0.15) is 31.7 Å². The van der Waals surface area contributed by atoms with Crippen LogP contribution in [0.15, 0.2) is 18.2 Å². The average molecular weight is 232 g/mol. The highest BCUT2D eigenvalue weighted by Gasteiger charge is 2.16. The van der Waals surface area contributed by atoms with Crippen molar-refractivity contribution in [3.63, 3.8) is 0 Å². The van der Waals surface area contributed by atoms with Crippen LogP contribution < -0.4 is 10.6 Å². The van der Waals surface area contributed by atoms with Crippen LogP contribution >= 0.6 is 0 Å². The first-order valence-corrected chi connectivity index (χ1v) is 6.27. The summed E-state index contributed by atoms with van der Waals surface area (Å²) in [7, 11) is 0. The predicted molar refractivity (Wildman–Crippen MR) is 71.3 cm³/mol. The number of benzene rings is 1. The first-order valence-electron chi connectivity index (χ1n) is 6.27. The predicted octanol–water partition coefficient (Wildman–Crippen LogP) is 3.17. The molecule has 0 unspecified atom stereocenters. The Kier molecular flexibility index (Phi) is 3.67. The molecule has 0 bridgehead atoms. The molecule has 2 rings (SSSR count). The van der Waals surface area contributed by atoms with Crippen LogP contribution in [0.4, 0.5) is 11.4 Å². The fraction of sp³-hybridized carbons (Fsp3) is 0.500. The molecule has 1 aliphatic rings. The molecule has 1 fully saturated rings. The minimum absolute atomic E-state index is 0.0289. The maximum atomic E-state index is 11.0. The third kappa shape index (κ3) is 3.22. The Morgan fingerprint density at radius 2 is 2.18 bits per heavy atom. The van der Waals surface area contributed by atoms with Crippen molar-refractivity contribution in [2.75, 3.05) is 17.2 Å². The molecule has 17 heavy (non-hydrogen) atoms. The fourth-order valence-corrected chi connectivity index (χ4v) is 2.04. The van der Waals surface area contributed by atoms with Gasteiger partial charge in [-0.25, -0.2) is 0 Å². The number of carbonyl (C=O) groups excluding carboxylic acids is 1. The van der Waals surface area contributed by atoms with Gasteiger partial charge in [-0.05, 0) is 43.4 Å². The Morgan fingerprint density at radius 1 is 1.41 bits per heavy atom. The SMILES string of the molecule is CC(=O)Nc1ccc(C)c(NCC2CCC2)c1. The van der Waals surface area contributed by atoms with Crippen molar-refractivity contribution in [2.45, 2.75) is 33.1 Å². The topological polar surface area (TPSA) is 41.1 Å². The van der Waals surface area contributed by atoms with Crippen molar-refractivity contribution in [3.05, 3.63) is 23.8 Å². The van der Waals surface area contributed by atoms with Crippen molar-refractivity contribution < 1.29 is 4.79 Å². The number of amides is 1. The molecule has 92 valence electrons. The molecule has 1 aromatic rings. The smallest absolute Gasteiger partial charge is 0.221 e. The average Bonchev–Trinajstić information content (AvgIpc) is 2.19. The molecule has 0 atom stereocenters. The molecule has 3 heteroatoms. The van der Waals surface area contributed by atoms with Crippen LogP contribution in [0.3, 0.4) is 0 Å². The van der Waals surface area contributed by atoms with Gasteiger partial charge in [0.05, 0.1) is 0 Å². The lowest BCUT2D eigenvalue weighted by atomic mass is 9.85. The van der Waals surface area contributed by atoms with Crippen molar-refractivity contribution >= 4 is 17.3 Å². The van der Waals surface area contributed by atoms with Gasteiger partial charge in [0.25, 0.3) is 0 Å². The minimum atomic E-state index is -0.0289. The summed E-state index contributed by atoms with van der Waals surface area (Å²) in [6.07, 6.45) is 4.06. The highest BCUT2D eigenvalue weighted by atomic mass is 16.1. The van der Waals surface area contributed by atoms with Gasteiger partial charge in [0.1, 0.15) is 0 Å². The monoisotopic (exact) mass is 232 g/mol. The number of carbonyl (C=O) groups is 1. The standard InChI is InChI=1S/C14H20N2O/c1-10-6-7-13(16-11(2)17)8-14(10)15-9-12-4-3-5-12/h6-8,12,15H,3-5,9H2,1-2H3,(H,16,17).